The summed E-state index contributed by atoms with van der Waals surface area (Å²) in [6.45, 7) is 6.63. The van der Waals surface area contributed by atoms with Crippen LogP contribution >= 0.6 is 0 Å². The van der Waals surface area contributed by atoms with Gasteiger partial charge in [-0.3, -0.25) is 4.98 Å². The van der Waals surface area contributed by atoms with Gasteiger partial charge in [0.05, 0.1) is 24.0 Å². The number of benzene rings is 1. The van der Waals surface area contributed by atoms with Gasteiger partial charge in [0.2, 0.25) is 0 Å². The largest absolute Gasteiger partial charge is 0.489 e. The number of ether oxygens (including phenoxy) is 1. The minimum absolute atomic E-state index is 0.103. The number of nitrogens with two attached hydrogens (primary N) is 1. The van der Waals surface area contributed by atoms with E-state index in [0.717, 1.165) is 17.1 Å². The quantitative estimate of drug-likeness (QED) is 0.818. The molecule has 0 bridgehead atoms. The van der Waals surface area contributed by atoms with Gasteiger partial charge in [-0.1, -0.05) is 6.07 Å². The molecule has 0 fully saturated rings. The highest BCUT2D eigenvalue weighted by molar-refractivity contribution is 5.61. The Morgan fingerprint density at radius 2 is 2.05 bits per heavy atom. The van der Waals surface area contributed by atoms with Gasteiger partial charge in [-0.25, -0.2) is 0 Å². The number of aromatic nitrogens is 1. The minimum Gasteiger partial charge on any atom is -0.489 e. The van der Waals surface area contributed by atoms with E-state index >= 15 is 0 Å². The summed E-state index contributed by atoms with van der Waals surface area (Å²) in [6.07, 6.45) is 0.103. The van der Waals surface area contributed by atoms with Crippen LogP contribution in [0, 0.1) is 6.92 Å². The van der Waals surface area contributed by atoms with Crippen LogP contribution in [0.4, 0.5) is 11.4 Å². The van der Waals surface area contributed by atoms with Gasteiger partial charge in [0, 0.05) is 17.4 Å². The number of rotatable bonds is 5. The number of nitrogens with zero attached hydrogens (tertiary/aromatic N) is 1. The second kappa shape index (κ2) is 6.28. The molecule has 20 heavy (non-hydrogen) atoms. The van der Waals surface area contributed by atoms with Crippen molar-refractivity contribution in [3.8, 4) is 5.75 Å². The smallest absolute Gasteiger partial charge is 0.144 e. The van der Waals surface area contributed by atoms with Crippen molar-refractivity contribution in [3.63, 3.8) is 0 Å². The fourth-order valence-electron chi connectivity index (χ4n) is 1.89. The van der Waals surface area contributed by atoms with E-state index in [1.807, 2.05) is 57.2 Å². The number of hydrogen-bond donors (Lipinski definition) is 2. The highest BCUT2D eigenvalue weighted by Crippen LogP contribution is 2.26. The molecule has 4 heteroatoms. The molecule has 1 heterocycles. The number of hydrogen-bond acceptors (Lipinski definition) is 4. The lowest BCUT2D eigenvalue weighted by molar-refractivity contribution is 0.244. The van der Waals surface area contributed by atoms with E-state index in [9.17, 15) is 0 Å². The molecule has 106 valence electrons. The summed E-state index contributed by atoms with van der Waals surface area (Å²) in [5.41, 5.74) is 9.55. The zero-order valence-electron chi connectivity index (χ0n) is 12.2. The molecule has 0 saturated heterocycles. The van der Waals surface area contributed by atoms with E-state index in [0.29, 0.717) is 18.0 Å². The molecule has 0 aliphatic heterocycles. The molecule has 4 nitrogen and oxygen atoms in total. The first-order valence-electron chi connectivity index (χ1n) is 6.77. The molecule has 1 aromatic carbocycles. The van der Waals surface area contributed by atoms with Gasteiger partial charge in [0.15, 0.2) is 0 Å². The molecule has 1 aromatic heterocycles. The Labute approximate surface area is 120 Å². The molecular weight excluding hydrogens is 250 g/mol. The number of nitrogen functional groups attached to an aromatic ring is 1. The van der Waals surface area contributed by atoms with Crippen LogP contribution in [0.2, 0.25) is 0 Å². The first kappa shape index (κ1) is 14.2. The minimum atomic E-state index is 0.103. The van der Waals surface area contributed by atoms with Gasteiger partial charge in [-0.05, 0) is 45.0 Å². The van der Waals surface area contributed by atoms with E-state index in [2.05, 4.69) is 10.3 Å². The van der Waals surface area contributed by atoms with E-state index in [1.165, 1.54) is 0 Å². The monoisotopic (exact) mass is 271 g/mol. The summed E-state index contributed by atoms with van der Waals surface area (Å²) in [6, 6.07) is 11.7. The maximum absolute atomic E-state index is 5.90. The third-order valence-electron chi connectivity index (χ3n) is 2.80. The highest BCUT2D eigenvalue weighted by atomic mass is 16.5. The maximum Gasteiger partial charge on any atom is 0.144 e. The standard InChI is InChI=1S/C16H21N3O/c1-11(2)20-16-9-13(7-8-15(16)17)18-10-14-6-4-5-12(3)19-14/h4-9,11,18H,10,17H2,1-3H3. The van der Waals surface area contributed by atoms with Gasteiger partial charge in [0.1, 0.15) is 5.75 Å². The lowest BCUT2D eigenvalue weighted by Gasteiger charge is -2.14. The van der Waals surface area contributed by atoms with E-state index in [-0.39, 0.29) is 6.10 Å². The Bertz CT molecular complexity index is 582. The predicted molar refractivity (Wildman–Crippen MR) is 82.9 cm³/mol. The zero-order chi connectivity index (χ0) is 14.5. The van der Waals surface area contributed by atoms with E-state index in [1.54, 1.807) is 0 Å². The molecular formula is C16H21N3O. The van der Waals surface area contributed by atoms with Crippen LogP contribution in [0.15, 0.2) is 36.4 Å². The van der Waals surface area contributed by atoms with Crippen LogP contribution in [-0.2, 0) is 6.54 Å². The first-order valence-corrected chi connectivity index (χ1v) is 6.77. The first-order chi connectivity index (χ1) is 9.54. The molecule has 3 N–H and O–H groups in total. The summed E-state index contributed by atoms with van der Waals surface area (Å²) in [5.74, 6) is 0.710. The summed E-state index contributed by atoms with van der Waals surface area (Å²) < 4.78 is 5.68. The predicted octanol–water partition coefficient (Wildman–Crippen LogP) is 3.37. The normalized spacial score (nSPS) is 10.6. The summed E-state index contributed by atoms with van der Waals surface area (Å²) in [4.78, 5) is 4.46. The van der Waals surface area contributed by atoms with Crippen molar-refractivity contribution in [3.05, 3.63) is 47.8 Å². The average Bonchev–Trinajstić information content (AvgIpc) is 2.39. The molecule has 0 amide bonds. The van der Waals surface area contributed by atoms with Crippen molar-refractivity contribution in [1.82, 2.24) is 4.98 Å². The van der Waals surface area contributed by atoms with Crippen LogP contribution in [0.1, 0.15) is 25.2 Å². The Morgan fingerprint density at radius 1 is 1.25 bits per heavy atom. The molecule has 0 aliphatic rings. The number of pyridine rings is 1. The van der Waals surface area contributed by atoms with Crippen molar-refractivity contribution in [2.24, 2.45) is 0 Å². The fourth-order valence-corrected chi connectivity index (χ4v) is 1.89. The molecule has 2 aromatic rings. The second-order valence-corrected chi connectivity index (χ2v) is 5.04. The Morgan fingerprint density at radius 3 is 2.75 bits per heavy atom. The van der Waals surface area contributed by atoms with Crippen LogP contribution < -0.4 is 15.8 Å². The van der Waals surface area contributed by atoms with Gasteiger partial charge in [-0.15, -0.1) is 0 Å². The van der Waals surface area contributed by atoms with Crippen molar-refractivity contribution in [2.75, 3.05) is 11.1 Å². The lowest BCUT2D eigenvalue weighted by Crippen LogP contribution is -2.08. The Hall–Kier alpha value is -2.23. The Balaban J connectivity index is 2.06. The lowest BCUT2D eigenvalue weighted by atomic mass is 10.2. The third-order valence-corrected chi connectivity index (χ3v) is 2.80. The molecule has 2 rings (SSSR count). The fraction of sp³-hybridized carbons (Fsp3) is 0.312. The van der Waals surface area contributed by atoms with Crippen molar-refractivity contribution in [2.45, 2.75) is 33.4 Å². The molecule has 0 spiro atoms. The molecule has 0 saturated carbocycles. The summed E-state index contributed by atoms with van der Waals surface area (Å²) >= 11 is 0. The molecule has 0 aliphatic carbocycles. The summed E-state index contributed by atoms with van der Waals surface area (Å²) in [5, 5.41) is 3.33. The molecule has 0 atom stereocenters. The van der Waals surface area contributed by atoms with Gasteiger partial charge in [0.25, 0.3) is 0 Å². The second-order valence-electron chi connectivity index (χ2n) is 5.04. The van der Waals surface area contributed by atoms with E-state index < -0.39 is 0 Å². The topological polar surface area (TPSA) is 60.2 Å². The number of nitrogens with one attached hydrogen (secondary N) is 1. The molecule has 0 radical (unpaired) electrons. The zero-order valence-corrected chi connectivity index (χ0v) is 12.2. The van der Waals surface area contributed by atoms with E-state index in [4.69, 9.17) is 10.5 Å². The van der Waals surface area contributed by atoms with Crippen LogP contribution in [0.5, 0.6) is 5.75 Å². The van der Waals surface area contributed by atoms with Crippen molar-refractivity contribution < 1.29 is 4.74 Å². The number of aryl methyl sites for hydroxylation is 1. The van der Waals surface area contributed by atoms with Gasteiger partial charge >= 0.3 is 0 Å². The van der Waals surface area contributed by atoms with Crippen LogP contribution in [0.25, 0.3) is 0 Å². The SMILES string of the molecule is Cc1cccc(CNc2ccc(N)c(OC(C)C)c2)n1. The summed E-state index contributed by atoms with van der Waals surface area (Å²) in [7, 11) is 0. The number of anilines is 2. The third kappa shape index (κ3) is 3.88. The van der Waals surface area contributed by atoms with Crippen molar-refractivity contribution in [1.29, 1.82) is 0 Å². The van der Waals surface area contributed by atoms with Gasteiger partial charge in [-0.2, -0.15) is 0 Å². The maximum atomic E-state index is 5.90. The van der Waals surface area contributed by atoms with Crippen LogP contribution in [0.3, 0.4) is 0 Å². The average molecular weight is 271 g/mol. The van der Waals surface area contributed by atoms with Crippen LogP contribution in [-0.4, -0.2) is 11.1 Å². The highest BCUT2D eigenvalue weighted by Gasteiger charge is 2.05. The Kier molecular flexibility index (Phi) is 4.45. The van der Waals surface area contributed by atoms with Gasteiger partial charge < -0.3 is 15.8 Å². The molecule has 0 unspecified atom stereocenters. The van der Waals surface area contributed by atoms with Crippen molar-refractivity contribution >= 4 is 11.4 Å².